The summed E-state index contributed by atoms with van der Waals surface area (Å²) < 4.78 is 5.76. The molecule has 0 radical (unpaired) electrons. The van der Waals surface area contributed by atoms with Gasteiger partial charge in [0, 0.05) is 13.6 Å². The minimum atomic E-state index is -0.317. The summed E-state index contributed by atoms with van der Waals surface area (Å²) in [5.41, 5.74) is 5.13. The number of benzene rings is 3. The van der Waals surface area contributed by atoms with Crippen molar-refractivity contribution >= 4 is 23.1 Å². The molecule has 4 rings (SSSR count). The van der Waals surface area contributed by atoms with Gasteiger partial charge in [-0.15, -0.1) is 0 Å². The van der Waals surface area contributed by atoms with E-state index < -0.39 is 0 Å². The smallest absolute Gasteiger partial charge is 0.282 e. The van der Waals surface area contributed by atoms with E-state index >= 15 is 0 Å². The molecule has 174 valence electrons. The molecule has 1 aliphatic rings. The summed E-state index contributed by atoms with van der Waals surface area (Å²) in [4.78, 5) is 30.7. The van der Waals surface area contributed by atoms with Gasteiger partial charge < -0.3 is 9.64 Å². The third-order valence-electron chi connectivity index (χ3n) is 5.68. The van der Waals surface area contributed by atoms with Crippen molar-refractivity contribution in [3.05, 3.63) is 101 Å². The lowest BCUT2D eigenvalue weighted by molar-refractivity contribution is -0.120. The van der Waals surface area contributed by atoms with Crippen molar-refractivity contribution in [2.24, 2.45) is 0 Å². The number of likely N-dealkylation sites (N-methyl/N-ethyl adjacent to an activating group) is 1. The molecule has 0 saturated carbocycles. The van der Waals surface area contributed by atoms with Crippen LogP contribution in [-0.2, 0) is 16.1 Å². The van der Waals surface area contributed by atoms with E-state index in [1.807, 2.05) is 112 Å². The number of amides is 2. The molecule has 0 fully saturated rings. The van der Waals surface area contributed by atoms with E-state index in [4.69, 9.17) is 4.74 Å². The number of imide groups is 1. The lowest BCUT2D eigenvalue weighted by Crippen LogP contribution is -2.34. The van der Waals surface area contributed by atoms with Crippen LogP contribution in [0.1, 0.15) is 36.1 Å². The zero-order valence-corrected chi connectivity index (χ0v) is 20.3. The Bertz CT molecular complexity index is 1220. The Balaban J connectivity index is 1.78. The summed E-state index contributed by atoms with van der Waals surface area (Å²) in [6, 6.07) is 23.1. The molecule has 5 nitrogen and oxygen atoms in total. The van der Waals surface area contributed by atoms with Crippen LogP contribution in [0.15, 0.2) is 78.5 Å². The van der Waals surface area contributed by atoms with Crippen molar-refractivity contribution in [2.75, 3.05) is 11.9 Å². The van der Waals surface area contributed by atoms with Crippen LogP contribution in [0.25, 0.3) is 5.57 Å². The Hall–Kier alpha value is -3.86. The first-order valence-corrected chi connectivity index (χ1v) is 11.5. The maximum atomic E-state index is 13.8. The molecule has 1 heterocycles. The molecule has 34 heavy (non-hydrogen) atoms. The summed E-state index contributed by atoms with van der Waals surface area (Å²) in [6.07, 6.45) is 0.0485. The van der Waals surface area contributed by atoms with Crippen molar-refractivity contribution in [2.45, 2.75) is 40.3 Å². The van der Waals surface area contributed by atoms with Crippen molar-refractivity contribution in [1.29, 1.82) is 0 Å². The number of nitrogens with zero attached hydrogens (tertiary/aromatic N) is 2. The number of carbonyl (C=O) groups is 2. The first-order valence-electron chi connectivity index (χ1n) is 11.5. The highest BCUT2D eigenvalue weighted by atomic mass is 16.5. The van der Waals surface area contributed by atoms with E-state index in [9.17, 15) is 9.59 Å². The Morgan fingerprint density at radius 3 is 2.06 bits per heavy atom. The molecule has 2 amide bonds. The highest BCUT2D eigenvalue weighted by molar-refractivity contribution is 6.45. The van der Waals surface area contributed by atoms with Gasteiger partial charge in [0.15, 0.2) is 0 Å². The molecule has 0 N–H and O–H groups in total. The standard InChI is InChI=1S/C29H30N2O3/c1-19(2)34-25-13-11-23(12-14-25)26-27(30(5)18-22-9-7-6-8-10-22)29(33)31(28(26)32)24-16-20(3)15-21(4)17-24/h6-17,19H,18H2,1-5H3. The summed E-state index contributed by atoms with van der Waals surface area (Å²) in [5.74, 6) is 0.0925. The molecule has 3 aromatic carbocycles. The maximum Gasteiger partial charge on any atom is 0.282 e. The Kier molecular flexibility index (Phi) is 6.55. The monoisotopic (exact) mass is 454 g/mol. The van der Waals surface area contributed by atoms with Gasteiger partial charge in [-0.05, 0) is 74.2 Å². The second kappa shape index (κ2) is 9.56. The summed E-state index contributed by atoms with van der Waals surface area (Å²) in [7, 11) is 1.86. The molecule has 0 atom stereocenters. The topological polar surface area (TPSA) is 49.9 Å². The lowest BCUT2D eigenvalue weighted by atomic mass is 10.0. The second-order valence-electron chi connectivity index (χ2n) is 9.05. The van der Waals surface area contributed by atoms with Crippen molar-refractivity contribution < 1.29 is 14.3 Å². The molecular formula is C29H30N2O3. The molecule has 0 aromatic heterocycles. The number of carbonyl (C=O) groups excluding carboxylic acids is 2. The fourth-order valence-electron chi connectivity index (χ4n) is 4.36. The van der Waals surface area contributed by atoms with Crippen LogP contribution in [0.2, 0.25) is 0 Å². The van der Waals surface area contributed by atoms with Gasteiger partial charge >= 0.3 is 0 Å². The maximum absolute atomic E-state index is 13.8. The number of hydrogen-bond donors (Lipinski definition) is 0. The van der Waals surface area contributed by atoms with E-state index in [0.29, 0.717) is 29.1 Å². The lowest BCUT2D eigenvalue weighted by Gasteiger charge is -2.22. The quantitative estimate of drug-likeness (QED) is 0.442. The first-order chi connectivity index (χ1) is 16.2. The molecule has 1 aliphatic heterocycles. The normalized spacial score (nSPS) is 13.8. The van der Waals surface area contributed by atoms with Gasteiger partial charge in [-0.2, -0.15) is 0 Å². The van der Waals surface area contributed by atoms with Gasteiger partial charge in [-0.3, -0.25) is 9.59 Å². The van der Waals surface area contributed by atoms with E-state index in [0.717, 1.165) is 22.4 Å². The minimum absolute atomic E-state index is 0.0485. The number of aryl methyl sites for hydroxylation is 2. The molecule has 0 spiro atoms. The van der Waals surface area contributed by atoms with Crippen LogP contribution in [0.3, 0.4) is 0 Å². The third kappa shape index (κ3) is 4.74. The average Bonchev–Trinajstić information content (AvgIpc) is 3.04. The predicted molar refractivity (Wildman–Crippen MR) is 135 cm³/mol. The van der Waals surface area contributed by atoms with Crippen LogP contribution < -0.4 is 9.64 Å². The molecule has 0 unspecified atom stereocenters. The first kappa shape index (κ1) is 23.3. The number of ether oxygens (including phenoxy) is 1. The van der Waals surface area contributed by atoms with Gasteiger partial charge in [0.2, 0.25) is 0 Å². The van der Waals surface area contributed by atoms with Crippen LogP contribution in [-0.4, -0.2) is 29.9 Å². The van der Waals surface area contributed by atoms with Crippen LogP contribution in [0.4, 0.5) is 5.69 Å². The predicted octanol–water partition coefficient (Wildman–Crippen LogP) is 5.51. The number of anilines is 1. The Labute approximate surface area is 201 Å². The zero-order valence-electron chi connectivity index (χ0n) is 20.3. The van der Waals surface area contributed by atoms with Crippen LogP contribution in [0, 0.1) is 13.8 Å². The Morgan fingerprint density at radius 1 is 0.853 bits per heavy atom. The van der Waals surface area contributed by atoms with Gasteiger partial charge in [0.05, 0.1) is 17.4 Å². The number of rotatable bonds is 7. The van der Waals surface area contributed by atoms with E-state index in [1.165, 1.54) is 4.90 Å². The second-order valence-corrected chi connectivity index (χ2v) is 9.05. The van der Waals surface area contributed by atoms with E-state index in [1.54, 1.807) is 0 Å². The van der Waals surface area contributed by atoms with Crippen LogP contribution in [0.5, 0.6) is 5.75 Å². The highest BCUT2D eigenvalue weighted by Crippen LogP contribution is 2.36. The third-order valence-corrected chi connectivity index (χ3v) is 5.68. The summed E-state index contributed by atoms with van der Waals surface area (Å²) >= 11 is 0. The van der Waals surface area contributed by atoms with Crippen LogP contribution >= 0.6 is 0 Å². The zero-order chi connectivity index (χ0) is 24.4. The van der Waals surface area contributed by atoms with E-state index in [-0.39, 0.29) is 17.9 Å². The molecular weight excluding hydrogens is 424 g/mol. The largest absolute Gasteiger partial charge is 0.491 e. The van der Waals surface area contributed by atoms with Crippen molar-refractivity contribution in [3.8, 4) is 5.75 Å². The molecule has 0 bridgehead atoms. The number of hydrogen-bond acceptors (Lipinski definition) is 4. The Morgan fingerprint density at radius 2 is 1.47 bits per heavy atom. The van der Waals surface area contributed by atoms with Gasteiger partial charge in [-0.25, -0.2) is 4.90 Å². The van der Waals surface area contributed by atoms with Gasteiger partial charge in [0.1, 0.15) is 11.4 Å². The minimum Gasteiger partial charge on any atom is -0.491 e. The van der Waals surface area contributed by atoms with Gasteiger partial charge in [-0.1, -0.05) is 48.5 Å². The van der Waals surface area contributed by atoms with Crippen molar-refractivity contribution in [1.82, 2.24) is 4.90 Å². The summed E-state index contributed by atoms with van der Waals surface area (Å²) in [5, 5.41) is 0. The fraction of sp³-hybridized carbons (Fsp3) is 0.241. The fourth-order valence-corrected chi connectivity index (χ4v) is 4.36. The highest BCUT2D eigenvalue weighted by Gasteiger charge is 2.41. The molecule has 3 aromatic rings. The SMILES string of the molecule is Cc1cc(C)cc(N2C(=O)C(c3ccc(OC(C)C)cc3)=C(N(C)Cc3ccccc3)C2=O)c1. The molecule has 5 heteroatoms. The molecule has 0 aliphatic carbocycles. The van der Waals surface area contributed by atoms with Gasteiger partial charge in [0.25, 0.3) is 11.8 Å². The average molecular weight is 455 g/mol. The van der Waals surface area contributed by atoms with Crippen molar-refractivity contribution in [3.63, 3.8) is 0 Å². The molecule has 0 saturated heterocycles. The summed E-state index contributed by atoms with van der Waals surface area (Å²) in [6.45, 7) is 8.37. The van der Waals surface area contributed by atoms with E-state index in [2.05, 4.69) is 0 Å².